The summed E-state index contributed by atoms with van der Waals surface area (Å²) in [6.45, 7) is 7.51. The third-order valence-electron chi connectivity index (χ3n) is 6.01. The first-order valence-electron chi connectivity index (χ1n) is 10.5. The highest BCUT2D eigenvalue weighted by Crippen LogP contribution is 2.24. The molecule has 1 amide bonds. The van der Waals surface area contributed by atoms with Crippen molar-refractivity contribution < 1.29 is 13.2 Å². The fourth-order valence-corrected chi connectivity index (χ4v) is 5.48. The molecule has 0 saturated carbocycles. The molecule has 0 radical (unpaired) electrons. The van der Waals surface area contributed by atoms with Crippen molar-refractivity contribution in [2.45, 2.75) is 44.6 Å². The van der Waals surface area contributed by atoms with Gasteiger partial charge in [-0.15, -0.1) is 0 Å². The molecule has 1 aliphatic heterocycles. The van der Waals surface area contributed by atoms with Gasteiger partial charge in [-0.3, -0.25) is 4.79 Å². The Morgan fingerprint density at radius 2 is 1.77 bits per heavy atom. The number of hydrogen-bond donors (Lipinski definition) is 2. The summed E-state index contributed by atoms with van der Waals surface area (Å²) in [7, 11) is -1.56. The molecule has 3 rings (SSSR count). The highest BCUT2D eigenvalue weighted by molar-refractivity contribution is 7.89. The van der Waals surface area contributed by atoms with Crippen LogP contribution in [0.15, 0.2) is 41.3 Å². The van der Waals surface area contributed by atoms with Crippen LogP contribution < -0.4 is 10.0 Å². The molecule has 8 heteroatoms. The average Bonchev–Trinajstić information content (AvgIpc) is 2.71. The summed E-state index contributed by atoms with van der Waals surface area (Å²) >= 11 is 6.01. The van der Waals surface area contributed by atoms with Gasteiger partial charge in [-0.2, -0.15) is 0 Å². The Balaban J connectivity index is 1.72. The van der Waals surface area contributed by atoms with Crippen molar-refractivity contribution in [1.82, 2.24) is 9.62 Å². The van der Waals surface area contributed by atoms with Gasteiger partial charge in [0.05, 0.1) is 4.90 Å². The number of sulfonamides is 1. The van der Waals surface area contributed by atoms with Crippen molar-refractivity contribution >= 4 is 33.2 Å². The van der Waals surface area contributed by atoms with Crippen LogP contribution >= 0.6 is 11.6 Å². The Labute approximate surface area is 190 Å². The van der Waals surface area contributed by atoms with Gasteiger partial charge in [-0.05, 0) is 101 Å². The molecule has 6 nitrogen and oxygen atoms in total. The van der Waals surface area contributed by atoms with Crippen molar-refractivity contribution in [1.29, 1.82) is 0 Å². The van der Waals surface area contributed by atoms with E-state index in [1.165, 1.54) is 6.07 Å². The summed E-state index contributed by atoms with van der Waals surface area (Å²) < 4.78 is 28.7. The van der Waals surface area contributed by atoms with Gasteiger partial charge in [0, 0.05) is 22.3 Å². The zero-order valence-corrected chi connectivity index (χ0v) is 20.0. The lowest BCUT2D eigenvalue weighted by atomic mass is 9.91. The second-order valence-corrected chi connectivity index (χ2v) is 10.6. The number of carbonyl (C=O) groups excluding carboxylic acids is 1. The van der Waals surface area contributed by atoms with Gasteiger partial charge in [0.15, 0.2) is 0 Å². The van der Waals surface area contributed by atoms with Crippen LogP contribution in [0.1, 0.15) is 41.3 Å². The normalized spacial score (nSPS) is 16.8. The second-order valence-electron chi connectivity index (χ2n) is 8.44. The Morgan fingerprint density at radius 1 is 1.10 bits per heavy atom. The Bertz CT molecular complexity index is 1060. The topological polar surface area (TPSA) is 78.5 Å². The summed E-state index contributed by atoms with van der Waals surface area (Å²) in [5, 5.41) is 3.34. The van der Waals surface area contributed by atoms with Crippen molar-refractivity contribution in [3.63, 3.8) is 0 Å². The minimum Gasteiger partial charge on any atom is -0.322 e. The van der Waals surface area contributed by atoms with Crippen LogP contribution in [0.5, 0.6) is 0 Å². The van der Waals surface area contributed by atoms with E-state index in [4.69, 9.17) is 11.6 Å². The van der Waals surface area contributed by atoms with Gasteiger partial charge >= 0.3 is 0 Å². The molecule has 31 heavy (non-hydrogen) atoms. The van der Waals surface area contributed by atoms with Crippen LogP contribution in [0.4, 0.5) is 5.69 Å². The average molecular weight is 464 g/mol. The highest BCUT2D eigenvalue weighted by atomic mass is 35.5. The minimum atomic E-state index is -3.65. The maximum absolute atomic E-state index is 12.9. The van der Waals surface area contributed by atoms with Gasteiger partial charge in [0.1, 0.15) is 0 Å². The third kappa shape index (κ3) is 5.86. The summed E-state index contributed by atoms with van der Waals surface area (Å²) in [4.78, 5) is 15.1. The first-order chi connectivity index (χ1) is 14.6. The largest absolute Gasteiger partial charge is 0.322 e. The number of nitrogens with zero attached hydrogens (tertiary/aromatic N) is 1. The molecular formula is C23H30ClN3O3S. The molecule has 0 aromatic heterocycles. The Morgan fingerprint density at radius 3 is 2.42 bits per heavy atom. The van der Waals surface area contributed by atoms with E-state index < -0.39 is 10.0 Å². The van der Waals surface area contributed by atoms with E-state index in [1.807, 2.05) is 13.8 Å². The smallest absolute Gasteiger partial charge is 0.255 e. The van der Waals surface area contributed by atoms with Crippen molar-refractivity contribution in [3.05, 3.63) is 58.1 Å². The number of anilines is 1. The van der Waals surface area contributed by atoms with E-state index in [9.17, 15) is 13.2 Å². The monoisotopic (exact) mass is 463 g/mol. The standard InChI is InChI=1S/C23H30ClN3O3S/c1-15-5-6-19(24)14-21(15)23(28)25-22-8-7-20(13-16(22)2)31(29,30)26-17(3)18-9-11-27(4)12-10-18/h5-8,13-14,17-18,26H,9-12H2,1-4H3,(H,25,28). The molecular weight excluding hydrogens is 434 g/mol. The number of nitrogens with one attached hydrogen (secondary N) is 2. The minimum absolute atomic E-state index is 0.135. The Kier molecular flexibility index (Phi) is 7.42. The van der Waals surface area contributed by atoms with E-state index in [2.05, 4.69) is 22.0 Å². The maximum Gasteiger partial charge on any atom is 0.255 e. The molecule has 1 heterocycles. The SMILES string of the molecule is Cc1cc(S(=O)(=O)NC(C)C2CCN(C)CC2)ccc1NC(=O)c1cc(Cl)ccc1C. The number of hydrogen-bond acceptors (Lipinski definition) is 4. The summed E-state index contributed by atoms with van der Waals surface area (Å²) in [5.74, 6) is 0.0410. The van der Waals surface area contributed by atoms with Gasteiger partial charge in [0.2, 0.25) is 10.0 Å². The summed E-state index contributed by atoms with van der Waals surface area (Å²) in [5.41, 5.74) is 2.53. The van der Waals surface area contributed by atoms with Gasteiger partial charge < -0.3 is 10.2 Å². The molecule has 0 bridgehead atoms. The van der Waals surface area contributed by atoms with Crippen LogP contribution in [0.3, 0.4) is 0 Å². The number of halogens is 1. The van der Waals surface area contributed by atoms with Crippen molar-refractivity contribution in [2.75, 3.05) is 25.5 Å². The van der Waals surface area contributed by atoms with Crippen molar-refractivity contribution in [3.8, 4) is 0 Å². The first kappa shape index (κ1) is 23.7. The van der Waals surface area contributed by atoms with Crippen LogP contribution in [-0.4, -0.2) is 45.4 Å². The predicted molar refractivity (Wildman–Crippen MR) is 125 cm³/mol. The van der Waals surface area contributed by atoms with E-state index in [0.717, 1.165) is 31.5 Å². The summed E-state index contributed by atoms with van der Waals surface area (Å²) in [6, 6.07) is 9.75. The second kappa shape index (κ2) is 9.69. The number of piperidine rings is 1. The quantitative estimate of drug-likeness (QED) is 0.672. The predicted octanol–water partition coefficient (Wildman–Crippen LogP) is 4.22. The van der Waals surface area contributed by atoms with E-state index in [1.54, 1.807) is 37.3 Å². The van der Waals surface area contributed by atoms with E-state index in [-0.39, 0.29) is 16.8 Å². The van der Waals surface area contributed by atoms with Crippen LogP contribution in [0.2, 0.25) is 5.02 Å². The third-order valence-corrected chi connectivity index (χ3v) is 7.80. The molecule has 1 unspecified atom stereocenters. The van der Waals surface area contributed by atoms with Crippen LogP contribution in [-0.2, 0) is 10.0 Å². The number of rotatable bonds is 6. The van der Waals surface area contributed by atoms with Crippen LogP contribution in [0.25, 0.3) is 0 Å². The first-order valence-corrected chi connectivity index (χ1v) is 12.3. The molecule has 1 aliphatic rings. The molecule has 0 spiro atoms. The molecule has 2 N–H and O–H groups in total. The zero-order valence-electron chi connectivity index (χ0n) is 18.4. The van der Waals surface area contributed by atoms with Crippen molar-refractivity contribution in [2.24, 2.45) is 5.92 Å². The fourth-order valence-electron chi connectivity index (χ4n) is 3.91. The lowest BCUT2D eigenvalue weighted by Crippen LogP contribution is -2.42. The molecule has 168 valence electrons. The molecule has 1 atom stereocenters. The number of aryl methyl sites for hydroxylation is 2. The molecule has 2 aromatic carbocycles. The molecule has 1 fully saturated rings. The lowest BCUT2D eigenvalue weighted by molar-refractivity contribution is 0.102. The number of benzene rings is 2. The molecule has 2 aromatic rings. The fraction of sp³-hybridized carbons (Fsp3) is 0.435. The Hall–Kier alpha value is -1.93. The highest BCUT2D eigenvalue weighted by Gasteiger charge is 2.26. The maximum atomic E-state index is 12.9. The number of likely N-dealkylation sites (tertiary alicyclic amines) is 1. The lowest BCUT2D eigenvalue weighted by Gasteiger charge is -2.32. The van der Waals surface area contributed by atoms with E-state index in [0.29, 0.717) is 27.8 Å². The van der Waals surface area contributed by atoms with Gasteiger partial charge in [0.25, 0.3) is 5.91 Å². The molecule has 1 saturated heterocycles. The van der Waals surface area contributed by atoms with E-state index >= 15 is 0 Å². The van der Waals surface area contributed by atoms with Gasteiger partial charge in [-0.25, -0.2) is 13.1 Å². The number of carbonyl (C=O) groups is 1. The zero-order chi connectivity index (χ0) is 22.8. The van der Waals surface area contributed by atoms with Gasteiger partial charge in [-0.1, -0.05) is 17.7 Å². The number of amides is 1. The molecule has 0 aliphatic carbocycles. The summed E-state index contributed by atoms with van der Waals surface area (Å²) in [6.07, 6.45) is 1.96. The van der Waals surface area contributed by atoms with Crippen LogP contribution in [0, 0.1) is 19.8 Å².